The van der Waals surface area contributed by atoms with Crippen molar-refractivity contribution in [1.29, 1.82) is 0 Å². The van der Waals surface area contributed by atoms with Crippen LogP contribution in [0.4, 0.5) is 18.9 Å². The number of hydrogen-bond acceptors (Lipinski definition) is 3. The smallest absolute Gasteiger partial charge is 0.481 e. The molecule has 0 saturated heterocycles. The van der Waals surface area contributed by atoms with Crippen LogP contribution in [0.2, 0.25) is 0 Å². The highest BCUT2D eigenvalue weighted by Crippen LogP contribution is 2.30. The number of amides is 1. The third-order valence-electron chi connectivity index (χ3n) is 3.78. The molecule has 1 saturated carbocycles. The molecule has 1 aliphatic carbocycles. The van der Waals surface area contributed by atoms with Crippen molar-refractivity contribution in [3.8, 4) is 5.75 Å². The molecule has 126 valence electrons. The van der Waals surface area contributed by atoms with Crippen molar-refractivity contribution in [2.45, 2.75) is 32.0 Å². The second-order valence-electron chi connectivity index (χ2n) is 5.45. The van der Waals surface area contributed by atoms with Gasteiger partial charge in [-0.2, -0.15) is 0 Å². The quantitative estimate of drug-likeness (QED) is 0.886. The largest absolute Gasteiger partial charge is 0.573 e. The van der Waals surface area contributed by atoms with Gasteiger partial charge in [0.15, 0.2) is 0 Å². The van der Waals surface area contributed by atoms with E-state index in [0.717, 1.165) is 12.1 Å². The lowest BCUT2D eigenvalue weighted by molar-refractivity contribution is -0.274. The second-order valence-corrected chi connectivity index (χ2v) is 5.45. The summed E-state index contributed by atoms with van der Waals surface area (Å²) in [5.41, 5.74) is 0.206. The Hall–Kier alpha value is -2.25. The van der Waals surface area contributed by atoms with Crippen molar-refractivity contribution in [3.63, 3.8) is 0 Å². The maximum absolute atomic E-state index is 12.2. The molecule has 1 fully saturated rings. The van der Waals surface area contributed by atoms with E-state index in [2.05, 4.69) is 10.1 Å². The summed E-state index contributed by atoms with van der Waals surface area (Å²) in [5.74, 6) is -2.36. The van der Waals surface area contributed by atoms with Crippen molar-refractivity contribution in [3.05, 3.63) is 24.3 Å². The van der Waals surface area contributed by atoms with E-state index < -0.39 is 24.0 Å². The minimum Gasteiger partial charge on any atom is -0.481 e. The van der Waals surface area contributed by atoms with Gasteiger partial charge in [0.2, 0.25) is 5.91 Å². The summed E-state index contributed by atoms with van der Waals surface area (Å²) in [6.07, 6.45) is -3.06. The number of alkyl halides is 3. The highest BCUT2D eigenvalue weighted by Gasteiger charge is 2.32. The van der Waals surface area contributed by atoms with Gasteiger partial charge in [-0.25, -0.2) is 0 Å². The maximum Gasteiger partial charge on any atom is 0.573 e. The van der Waals surface area contributed by atoms with E-state index in [0.29, 0.717) is 25.7 Å². The number of benzene rings is 1. The molecular formula is C15H16F3NO4. The van der Waals surface area contributed by atoms with Gasteiger partial charge in [0.25, 0.3) is 0 Å². The summed E-state index contributed by atoms with van der Waals surface area (Å²) in [6, 6.07) is 5.04. The summed E-state index contributed by atoms with van der Waals surface area (Å²) in [6.45, 7) is 0. The molecule has 0 atom stereocenters. The fraction of sp³-hybridized carbons (Fsp3) is 0.467. The predicted octanol–water partition coefficient (Wildman–Crippen LogP) is 3.41. The molecule has 0 aliphatic heterocycles. The van der Waals surface area contributed by atoms with Crippen LogP contribution >= 0.6 is 0 Å². The van der Waals surface area contributed by atoms with Gasteiger partial charge in [-0.05, 0) is 37.8 Å². The minimum absolute atomic E-state index is 0.206. The van der Waals surface area contributed by atoms with Crippen LogP contribution < -0.4 is 10.1 Å². The first kappa shape index (κ1) is 17.1. The number of halogens is 3. The molecule has 0 bridgehead atoms. The average Bonchev–Trinajstić information content (AvgIpc) is 2.46. The lowest BCUT2D eigenvalue weighted by Crippen LogP contribution is -2.29. The lowest BCUT2D eigenvalue weighted by Gasteiger charge is -2.25. The number of carboxylic acid groups (broad SMARTS) is 1. The average molecular weight is 331 g/mol. The SMILES string of the molecule is O=C(O)C1CCC(C(=O)Nc2cccc(OC(F)(F)F)c2)CC1. The number of carboxylic acids is 1. The van der Waals surface area contributed by atoms with Crippen LogP contribution in [-0.2, 0) is 9.59 Å². The fourth-order valence-corrected chi connectivity index (χ4v) is 2.62. The van der Waals surface area contributed by atoms with Crippen LogP contribution in [0.3, 0.4) is 0 Å². The van der Waals surface area contributed by atoms with Crippen LogP contribution in [0, 0.1) is 11.8 Å². The van der Waals surface area contributed by atoms with Crippen molar-refractivity contribution < 1.29 is 32.6 Å². The zero-order valence-corrected chi connectivity index (χ0v) is 12.1. The second kappa shape index (κ2) is 6.89. The number of hydrogen-bond donors (Lipinski definition) is 2. The molecule has 0 heterocycles. The van der Waals surface area contributed by atoms with Gasteiger partial charge in [0.1, 0.15) is 5.75 Å². The fourth-order valence-electron chi connectivity index (χ4n) is 2.62. The Morgan fingerprint density at radius 3 is 2.30 bits per heavy atom. The van der Waals surface area contributed by atoms with E-state index in [1.165, 1.54) is 12.1 Å². The third kappa shape index (κ3) is 5.15. The number of aliphatic carboxylic acids is 1. The molecule has 1 aromatic carbocycles. The Balaban J connectivity index is 1.93. The molecule has 2 rings (SSSR count). The van der Waals surface area contributed by atoms with Gasteiger partial charge in [-0.3, -0.25) is 9.59 Å². The van der Waals surface area contributed by atoms with Crippen LogP contribution in [0.1, 0.15) is 25.7 Å². The molecular weight excluding hydrogens is 315 g/mol. The van der Waals surface area contributed by atoms with E-state index in [4.69, 9.17) is 5.11 Å². The van der Waals surface area contributed by atoms with Crippen molar-refractivity contribution in [2.24, 2.45) is 11.8 Å². The minimum atomic E-state index is -4.79. The molecule has 0 spiro atoms. The van der Waals surface area contributed by atoms with E-state index in [-0.39, 0.29) is 17.5 Å². The molecule has 8 heteroatoms. The molecule has 1 aliphatic rings. The molecule has 2 N–H and O–H groups in total. The van der Waals surface area contributed by atoms with Crippen molar-refractivity contribution >= 4 is 17.6 Å². The number of carbonyl (C=O) groups is 2. The van der Waals surface area contributed by atoms with Crippen LogP contribution in [0.25, 0.3) is 0 Å². The first-order valence-electron chi connectivity index (χ1n) is 7.14. The summed E-state index contributed by atoms with van der Waals surface area (Å²) >= 11 is 0. The summed E-state index contributed by atoms with van der Waals surface area (Å²) in [7, 11) is 0. The molecule has 5 nitrogen and oxygen atoms in total. The maximum atomic E-state index is 12.2. The Labute approximate surface area is 130 Å². The molecule has 23 heavy (non-hydrogen) atoms. The monoisotopic (exact) mass is 331 g/mol. The first-order chi connectivity index (χ1) is 10.7. The zero-order valence-electron chi connectivity index (χ0n) is 12.1. The zero-order chi connectivity index (χ0) is 17.0. The number of carbonyl (C=O) groups excluding carboxylic acids is 1. The van der Waals surface area contributed by atoms with Gasteiger partial charge in [-0.1, -0.05) is 6.07 Å². The summed E-state index contributed by atoms with van der Waals surface area (Å²) < 4.78 is 40.3. The first-order valence-corrected chi connectivity index (χ1v) is 7.14. The van der Waals surface area contributed by atoms with E-state index >= 15 is 0 Å². The molecule has 0 aromatic heterocycles. The van der Waals surface area contributed by atoms with Crippen molar-refractivity contribution in [2.75, 3.05) is 5.32 Å². The Kier molecular flexibility index (Phi) is 5.12. The molecule has 0 unspecified atom stereocenters. The van der Waals surface area contributed by atoms with Gasteiger partial charge in [0, 0.05) is 17.7 Å². The normalized spacial score (nSPS) is 21.5. The Morgan fingerprint density at radius 2 is 1.74 bits per heavy atom. The van der Waals surface area contributed by atoms with Gasteiger partial charge >= 0.3 is 12.3 Å². The third-order valence-corrected chi connectivity index (χ3v) is 3.78. The topological polar surface area (TPSA) is 75.6 Å². The lowest BCUT2D eigenvalue weighted by atomic mass is 9.81. The van der Waals surface area contributed by atoms with E-state index in [9.17, 15) is 22.8 Å². The van der Waals surface area contributed by atoms with Crippen LogP contribution in [0.15, 0.2) is 24.3 Å². The predicted molar refractivity (Wildman–Crippen MR) is 74.8 cm³/mol. The number of rotatable bonds is 4. The van der Waals surface area contributed by atoms with E-state index in [1.807, 2.05) is 0 Å². The van der Waals surface area contributed by atoms with Crippen molar-refractivity contribution in [1.82, 2.24) is 0 Å². The summed E-state index contributed by atoms with van der Waals surface area (Å²) in [5, 5.41) is 11.5. The Bertz CT molecular complexity index is 580. The highest BCUT2D eigenvalue weighted by atomic mass is 19.4. The Morgan fingerprint density at radius 1 is 1.13 bits per heavy atom. The van der Waals surface area contributed by atoms with Gasteiger partial charge in [0.05, 0.1) is 5.92 Å². The molecule has 0 radical (unpaired) electrons. The van der Waals surface area contributed by atoms with Gasteiger partial charge < -0.3 is 15.2 Å². The van der Waals surface area contributed by atoms with E-state index in [1.54, 1.807) is 0 Å². The number of nitrogens with one attached hydrogen (secondary N) is 1. The highest BCUT2D eigenvalue weighted by molar-refractivity contribution is 5.92. The standard InChI is InChI=1S/C15H16F3NO4/c16-15(17,18)23-12-3-1-2-11(8-12)19-13(20)9-4-6-10(7-5-9)14(21)22/h1-3,8-10H,4-7H2,(H,19,20)(H,21,22). The number of anilines is 1. The number of ether oxygens (including phenoxy) is 1. The molecule has 1 amide bonds. The van der Waals surface area contributed by atoms with Gasteiger partial charge in [-0.15, -0.1) is 13.2 Å². The van der Waals surface area contributed by atoms with Crippen LogP contribution in [0.5, 0.6) is 5.75 Å². The molecule has 1 aromatic rings. The summed E-state index contributed by atoms with van der Waals surface area (Å²) in [4.78, 5) is 23.0. The van der Waals surface area contributed by atoms with Crippen LogP contribution in [-0.4, -0.2) is 23.3 Å².